The maximum Gasteiger partial charge on any atom is 0.190 e. The van der Waals surface area contributed by atoms with Crippen LogP contribution >= 0.6 is 0 Å². The van der Waals surface area contributed by atoms with Crippen LogP contribution in [0.4, 0.5) is 0 Å². The topological polar surface area (TPSA) is 36.9 Å². The molecule has 3 rings (SSSR count). The van der Waals surface area contributed by atoms with Crippen LogP contribution in [0.2, 0.25) is 0 Å². The van der Waals surface area contributed by atoms with Crippen LogP contribution in [-0.2, 0) is 25.6 Å². The minimum absolute atomic E-state index is 0.128. The third kappa shape index (κ3) is 4.01. The van der Waals surface area contributed by atoms with Gasteiger partial charge in [0.25, 0.3) is 0 Å². The lowest BCUT2D eigenvalue weighted by molar-refractivity contribution is -0.213. The second-order valence-electron chi connectivity index (χ2n) is 6.55. The molecule has 0 amide bonds. The molecule has 126 valence electrons. The lowest BCUT2D eigenvalue weighted by atomic mass is 10.1. The highest BCUT2D eigenvalue weighted by Gasteiger charge is 2.54. The van der Waals surface area contributed by atoms with Gasteiger partial charge in [-0.3, -0.25) is 0 Å². The van der Waals surface area contributed by atoms with Crippen molar-refractivity contribution in [1.82, 2.24) is 0 Å². The Morgan fingerprint density at radius 2 is 1.96 bits per heavy atom. The van der Waals surface area contributed by atoms with E-state index in [1.807, 2.05) is 32.0 Å². The summed E-state index contributed by atoms with van der Waals surface area (Å²) in [6.45, 7) is 6.52. The van der Waals surface area contributed by atoms with Gasteiger partial charge in [0.15, 0.2) is 12.1 Å². The third-order valence-electron chi connectivity index (χ3n) is 4.09. The molecule has 0 aliphatic carbocycles. The van der Waals surface area contributed by atoms with Gasteiger partial charge in [-0.1, -0.05) is 55.8 Å². The maximum absolute atomic E-state index is 6.16. The molecule has 2 heterocycles. The Bertz CT molecular complexity index is 525. The Kier molecular flexibility index (Phi) is 5.17. The van der Waals surface area contributed by atoms with Gasteiger partial charge in [-0.2, -0.15) is 0 Å². The predicted octanol–water partition coefficient (Wildman–Crippen LogP) is 3.80. The number of ether oxygens (including phenoxy) is 4. The van der Waals surface area contributed by atoms with E-state index in [2.05, 4.69) is 31.2 Å². The Balaban J connectivity index is 1.68. The van der Waals surface area contributed by atoms with Gasteiger partial charge < -0.3 is 18.9 Å². The molecule has 0 bridgehead atoms. The summed E-state index contributed by atoms with van der Waals surface area (Å²) < 4.78 is 24.0. The molecule has 2 fully saturated rings. The molecule has 4 heteroatoms. The van der Waals surface area contributed by atoms with Crippen LogP contribution in [0, 0.1) is 0 Å². The van der Waals surface area contributed by atoms with Crippen LogP contribution in [0.25, 0.3) is 0 Å². The molecule has 0 aromatic heterocycles. The minimum atomic E-state index is -0.623. The van der Waals surface area contributed by atoms with Gasteiger partial charge in [0.05, 0.1) is 6.61 Å². The summed E-state index contributed by atoms with van der Waals surface area (Å²) in [5.41, 5.74) is 1.14. The van der Waals surface area contributed by atoms with Crippen LogP contribution in [-0.4, -0.2) is 30.4 Å². The fourth-order valence-electron chi connectivity index (χ4n) is 3.01. The van der Waals surface area contributed by atoms with Gasteiger partial charge in [-0.05, 0) is 25.8 Å². The molecule has 23 heavy (non-hydrogen) atoms. The SMILES string of the molecule is CCC/C=C\[C@H]1O[C@@H]2OC(C)(C)O[C@@H]2[C@H]1OCc1ccccc1. The second-order valence-corrected chi connectivity index (χ2v) is 6.55. The van der Waals surface area contributed by atoms with Gasteiger partial charge in [0, 0.05) is 0 Å². The molecule has 0 N–H and O–H groups in total. The average Bonchev–Trinajstić information content (AvgIpc) is 2.98. The number of fused-ring (bicyclic) bond motifs is 1. The molecule has 0 unspecified atom stereocenters. The highest BCUT2D eigenvalue weighted by Crippen LogP contribution is 2.39. The summed E-state index contributed by atoms with van der Waals surface area (Å²) >= 11 is 0. The highest BCUT2D eigenvalue weighted by molar-refractivity contribution is 5.14. The van der Waals surface area contributed by atoms with E-state index in [1.54, 1.807) is 0 Å². The Morgan fingerprint density at radius 3 is 2.70 bits per heavy atom. The van der Waals surface area contributed by atoms with Crippen molar-refractivity contribution in [3.8, 4) is 0 Å². The monoisotopic (exact) mass is 318 g/mol. The summed E-state index contributed by atoms with van der Waals surface area (Å²) in [5.74, 6) is -0.623. The number of benzene rings is 1. The van der Waals surface area contributed by atoms with Crippen LogP contribution in [0.1, 0.15) is 39.2 Å². The number of rotatable bonds is 6. The molecule has 2 aliphatic heterocycles. The molecule has 0 spiro atoms. The summed E-state index contributed by atoms with van der Waals surface area (Å²) in [6, 6.07) is 10.2. The lowest BCUT2D eigenvalue weighted by Gasteiger charge is -2.24. The first-order valence-electron chi connectivity index (χ1n) is 8.42. The second kappa shape index (κ2) is 7.14. The largest absolute Gasteiger partial charge is 0.368 e. The van der Waals surface area contributed by atoms with Gasteiger partial charge in [0.1, 0.15) is 18.3 Å². The minimum Gasteiger partial charge on any atom is -0.368 e. The van der Waals surface area contributed by atoms with Gasteiger partial charge in [-0.25, -0.2) is 0 Å². The van der Waals surface area contributed by atoms with E-state index < -0.39 is 5.79 Å². The molecule has 4 atom stereocenters. The average molecular weight is 318 g/mol. The fourth-order valence-corrected chi connectivity index (χ4v) is 3.01. The number of hydrogen-bond donors (Lipinski definition) is 0. The third-order valence-corrected chi connectivity index (χ3v) is 4.09. The normalized spacial score (nSPS) is 32.5. The van der Waals surface area contributed by atoms with Crippen molar-refractivity contribution in [2.24, 2.45) is 0 Å². The summed E-state index contributed by atoms with van der Waals surface area (Å²) in [4.78, 5) is 0. The zero-order chi connectivity index (χ0) is 16.3. The van der Waals surface area contributed by atoms with Crippen LogP contribution in [0.5, 0.6) is 0 Å². The van der Waals surface area contributed by atoms with E-state index in [0.29, 0.717) is 6.61 Å². The zero-order valence-electron chi connectivity index (χ0n) is 14.1. The Labute approximate surface area is 138 Å². The van der Waals surface area contributed by atoms with E-state index in [9.17, 15) is 0 Å². The molecule has 2 saturated heterocycles. The molecule has 0 saturated carbocycles. The van der Waals surface area contributed by atoms with E-state index >= 15 is 0 Å². The number of hydrogen-bond acceptors (Lipinski definition) is 4. The zero-order valence-corrected chi connectivity index (χ0v) is 14.1. The van der Waals surface area contributed by atoms with E-state index in [-0.39, 0.29) is 24.6 Å². The molecular formula is C19H26O4. The number of unbranched alkanes of at least 4 members (excludes halogenated alkanes) is 1. The molecule has 2 aliphatic rings. The van der Waals surface area contributed by atoms with Crippen LogP contribution in [0.3, 0.4) is 0 Å². The van der Waals surface area contributed by atoms with Gasteiger partial charge >= 0.3 is 0 Å². The number of allylic oxidation sites excluding steroid dienone is 1. The molecule has 1 aromatic rings. The fraction of sp³-hybridized carbons (Fsp3) is 0.579. The lowest BCUT2D eigenvalue weighted by Crippen LogP contribution is -2.36. The van der Waals surface area contributed by atoms with E-state index in [1.165, 1.54) is 0 Å². The quantitative estimate of drug-likeness (QED) is 0.748. The first-order chi connectivity index (χ1) is 11.1. The van der Waals surface area contributed by atoms with Crippen molar-refractivity contribution in [2.75, 3.05) is 0 Å². The van der Waals surface area contributed by atoms with Gasteiger partial charge in [0.2, 0.25) is 0 Å². The van der Waals surface area contributed by atoms with Crippen LogP contribution < -0.4 is 0 Å². The van der Waals surface area contributed by atoms with Crippen LogP contribution in [0.15, 0.2) is 42.5 Å². The first kappa shape index (κ1) is 16.7. The summed E-state index contributed by atoms with van der Waals surface area (Å²) in [7, 11) is 0. The smallest absolute Gasteiger partial charge is 0.190 e. The van der Waals surface area contributed by atoms with Crippen molar-refractivity contribution < 1.29 is 18.9 Å². The predicted molar refractivity (Wildman–Crippen MR) is 87.8 cm³/mol. The molecular weight excluding hydrogens is 292 g/mol. The molecule has 1 aromatic carbocycles. The Morgan fingerprint density at radius 1 is 1.17 bits per heavy atom. The summed E-state index contributed by atoms with van der Waals surface area (Å²) in [5, 5.41) is 0. The van der Waals surface area contributed by atoms with E-state index in [4.69, 9.17) is 18.9 Å². The van der Waals surface area contributed by atoms with Crippen molar-refractivity contribution in [3.63, 3.8) is 0 Å². The van der Waals surface area contributed by atoms with Crippen molar-refractivity contribution in [3.05, 3.63) is 48.0 Å². The molecule has 4 nitrogen and oxygen atoms in total. The first-order valence-corrected chi connectivity index (χ1v) is 8.42. The van der Waals surface area contributed by atoms with Crippen molar-refractivity contribution >= 4 is 0 Å². The standard InChI is InChI=1S/C19H26O4/c1-4-5-7-12-15-16(20-13-14-10-8-6-9-11-14)17-18(21-15)23-19(2,3)22-17/h6-12,15-18H,4-5,13H2,1-3H3/b12-7-/t15-,16+,17-,18-/m1/s1. The summed E-state index contributed by atoms with van der Waals surface area (Å²) in [6.07, 6.45) is 5.55. The maximum atomic E-state index is 6.16. The Hall–Kier alpha value is -1.20. The van der Waals surface area contributed by atoms with E-state index in [0.717, 1.165) is 18.4 Å². The van der Waals surface area contributed by atoms with Crippen molar-refractivity contribution in [1.29, 1.82) is 0 Å². The van der Waals surface area contributed by atoms with Gasteiger partial charge in [-0.15, -0.1) is 0 Å². The highest BCUT2D eigenvalue weighted by atomic mass is 16.8. The molecule has 0 radical (unpaired) electrons. The van der Waals surface area contributed by atoms with Crippen molar-refractivity contribution in [2.45, 2.75) is 70.6 Å².